The van der Waals surface area contributed by atoms with Gasteiger partial charge in [-0.2, -0.15) is 4.98 Å². The van der Waals surface area contributed by atoms with Crippen LogP contribution in [0.15, 0.2) is 54.7 Å². The summed E-state index contributed by atoms with van der Waals surface area (Å²) in [5, 5.41) is 6.58. The number of nitrogens with zero attached hydrogens (tertiary/aromatic N) is 2. The second-order valence-corrected chi connectivity index (χ2v) is 7.76. The second-order valence-electron chi connectivity index (χ2n) is 7.76. The molecule has 2 aromatic carbocycles. The Hall–Kier alpha value is -3.28. The van der Waals surface area contributed by atoms with Crippen LogP contribution in [0.5, 0.6) is 11.5 Å². The van der Waals surface area contributed by atoms with E-state index in [-0.39, 0.29) is 12.2 Å². The van der Waals surface area contributed by atoms with Gasteiger partial charge in [-0.05, 0) is 46.9 Å². The lowest BCUT2D eigenvalue weighted by molar-refractivity contribution is 0.174. The first-order chi connectivity index (χ1) is 13.5. The van der Waals surface area contributed by atoms with E-state index in [2.05, 4.69) is 65.6 Å². The molecule has 0 saturated heterocycles. The van der Waals surface area contributed by atoms with Crippen molar-refractivity contribution < 1.29 is 9.47 Å². The number of ether oxygens (including phenoxy) is 2. The van der Waals surface area contributed by atoms with Crippen molar-refractivity contribution in [3.05, 3.63) is 65.9 Å². The lowest BCUT2D eigenvalue weighted by Crippen LogP contribution is -2.10. The van der Waals surface area contributed by atoms with Crippen molar-refractivity contribution in [2.45, 2.75) is 32.7 Å². The maximum absolute atomic E-state index is 5.41. The number of rotatable bonds is 5. The molecule has 0 aliphatic carbocycles. The molecule has 28 heavy (non-hydrogen) atoms. The van der Waals surface area contributed by atoms with Gasteiger partial charge in [0.05, 0.1) is 0 Å². The molecule has 2 heterocycles. The van der Waals surface area contributed by atoms with Gasteiger partial charge in [-0.25, -0.2) is 4.98 Å². The van der Waals surface area contributed by atoms with Gasteiger partial charge in [-0.3, -0.25) is 0 Å². The smallest absolute Gasteiger partial charge is 0.231 e. The summed E-state index contributed by atoms with van der Waals surface area (Å²) in [6.45, 7) is 7.49. The van der Waals surface area contributed by atoms with E-state index in [4.69, 9.17) is 9.47 Å². The zero-order valence-electron chi connectivity index (χ0n) is 16.3. The van der Waals surface area contributed by atoms with Crippen molar-refractivity contribution in [3.63, 3.8) is 0 Å². The molecule has 0 fully saturated rings. The highest BCUT2D eigenvalue weighted by Crippen LogP contribution is 2.32. The molecule has 4 rings (SSSR count). The molecule has 6 heteroatoms. The van der Waals surface area contributed by atoms with E-state index in [0.717, 1.165) is 28.6 Å². The summed E-state index contributed by atoms with van der Waals surface area (Å²) in [5.74, 6) is 2.86. The van der Waals surface area contributed by atoms with Crippen molar-refractivity contribution >= 4 is 17.5 Å². The Labute approximate surface area is 164 Å². The van der Waals surface area contributed by atoms with Gasteiger partial charge >= 0.3 is 0 Å². The van der Waals surface area contributed by atoms with Crippen LogP contribution in [-0.2, 0) is 12.0 Å². The lowest BCUT2D eigenvalue weighted by atomic mass is 9.87. The van der Waals surface area contributed by atoms with Crippen LogP contribution in [0, 0.1) is 0 Å². The standard InChI is InChI=1S/C22H24N4O2/c1-22(2,3)16-5-7-17(8-6-16)25-20-10-11-23-21(26-20)24-13-15-4-9-18-19(12-15)28-14-27-18/h4-12H,13-14H2,1-3H3,(H2,23,24,25,26). The summed E-state index contributed by atoms with van der Waals surface area (Å²) < 4.78 is 10.8. The quantitative estimate of drug-likeness (QED) is 0.663. The first-order valence-corrected chi connectivity index (χ1v) is 9.30. The Morgan fingerprint density at radius 3 is 2.54 bits per heavy atom. The monoisotopic (exact) mass is 376 g/mol. The summed E-state index contributed by atoms with van der Waals surface area (Å²) in [6.07, 6.45) is 1.74. The number of anilines is 3. The Morgan fingerprint density at radius 1 is 0.964 bits per heavy atom. The van der Waals surface area contributed by atoms with Gasteiger partial charge in [0.2, 0.25) is 12.7 Å². The summed E-state index contributed by atoms with van der Waals surface area (Å²) in [6, 6.07) is 16.2. The van der Waals surface area contributed by atoms with Crippen molar-refractivity contribution in [1.29, 1.82) is 0 Å². The van der Waals surface area contributed by atoms with Crippen molar-refractivity contribution in [3.8, 4) is 11.5 Å². The van der Waals surface area contributed by atoms with Crippen LogP contribution in [-0.4, -0.2) is 16.8 Å². The van der Waals surface area contributed by atoms with Gasteiger partial charge in [0.1, 0.15) is 5.82 Å². The molecule has 3 aromatic rings. The summed E-state index contributed by atoms with van der Waals surface area (Å²) in [4.78, 5) is 8.83. The SMILES string of the molecule is CC(C)(C)c1ccc(Nc2ccnc(NCc3ccc4c(c3)OCO4)n2)cc1. The number of aromatic nitrogens is 2. The average Bonchev–Trinajstić information content (AvgIpc) is 3.14. The normalized spacial score (nSPS) is 12.7. The molecule has 144 valence electrons. The Kier molecular flexibility index (Phi) is 4.77. The molecule has 1 aliphatic rings. The minimum absolute atomic E-state index is 0.138. The molecule has 0 radical (unpaired) electrons. The molecular formula is C22H24N4O2. The molecule has 2 N–H and O–H groups in total. The maximum atomic E-state index is 5.41. The molecule has 1 aliphatic heterocycles. The molecule has 0 spiro atoms. The fourth-order valence-corrected chi connectivity index (χ4v) is 2.95. The first kappa shape index (κ1) is 18.1. The lowest BCUT2D eigenvalue weighted by Gasteiger charge is -2.19. The van der Waals surface area contributed by atoms with Crippen molar-refractivity contribution in [1.82, 2.24) is 9.97 Å². The molecule has 0 bridgehead atoms. The molecule has 0 atom stereocenters. The predicted molar refractivity (Wildman–Crippen MR) is 110 cm³/mol. The van der Waals surface area contributed by atoms with E-state index in [1.807, 2.05) is 24.3 Å². The van der Waals surface area contributed by atoms with Crippen LogP contribution in [0.3, 0.4) is 0 Å². The van der Waals surface area contributed by atoms with E-state index < -0.39 is 0 Å². The van der Waals surface area contributed by atoms with Crippen LogP contribution < -0.4 is 20.1 Å². The number of benzene rings is 2. The van der Waals surface area contributed by atoms with Crippen molar-refractivity contribution in [2.75, 3.05) is 17.4 Å². The van der Waals surface area contributed by atoms with Gasteiger partial charge in [0.25, 0.3) is 0 Å². The highest BCUT2D eigenvalue weighted by molar-refractivity contribution is 5.57. The molecule has 0 amide bonds. The third-order valence-corrected chi connectivity index (χ3v) is 4.57. The van der Waals surface area contributed by atoms with Crippen LogP contribution in [0.2, 0.25) is 0 Å². The van der Waals surface area contributed by atoms with Gasteiger partial charge < -0.3 is 20.1 Å². The fourth-order valence-electron chi connectivity index (χ4n) is 2.95. The first-order valence-electron chi connectivity index (χ1n) is 9.30. The highest BCUT2D eigenvalue weighted by Gasteiger charge is 2.14. The van der Waals surface area contributed by atoms with Gasteiger partial charge in [0.15, 0.2) is 11.5 Å². The summed E-state index contributed by atoms with van der Waals surface area (Å²) in [5.41, 5.74) is 3.50. The molecule has 1 aromatic heterocycles. The minimum atomic E-state index is 0.138. The zero-order valence-corrected chi connectivity index (χ0v) is 16.3. The maximum Gasteiger partial charge on any atom is 0.231 e. The van der Waals surface area contributed by atoms with Crippen molar-refractivity contribution in [2.24, 2.45) is 0 Å². The Bertz CT molecular complexity index is 965. The largest absolute Gasteiger partial charge is 0.454 e. The predicted octanol–water partition coefficient (Wildman–Crippen LogP) is 4.86. The number of fused-ring (bicyclic) bond motifs is 1. The van der Waals surface area contributed by atoms with Gasteiger partial charge in [0, 0.05) is 18.4 Å². The van der Waals surface area contributed by atoms with E-state index >= 15 is 0 Å². The molecule has 0 unspecified atom stereocenters. The van der Waals surface area contributed by atoms with Gasteiger partial charge in [-0.15, -0.1) is 0 Å². The van der Waals surface area contributed by atoms with Gasteiger partial charge in [-0.1, -0.05) is 39.0 Å². The second kappa shape index (κ2) is 7.38. The summed E-state index contributed by atoms with van der Waals surface area (Å²) in [7, 11) is 0. The number of hydrogen-bond acceptors (Lipinski definition) is 6. The fraction of sp³-hybridized carbons (Fsp3) is 0.273. The van der Waals surface area contributed by atoms with Crippen LogP contribution in [0.1, 0.15) is 31.9 Å². The minimum Gasteiger partial charge on any atom is -0.454 e. The number of hydrogen-bond donors (Lipinski definition) is 2. The molecule has 0 saturated carbocycles. The van der Waals surface area contributed by atoms with E-state index in [0.29, 0.717) is 12.5 Å². The molecular weight excluding hydrogens is 352 g/mol. The summed E-state index contributed by atoms with van der Waals surface area (Å²) >= 11 is 0. The zero-order chi connectivity index (χ0) is 19.6. The van der Waals surface area contributed by atoms with E-state index in [1.165, 1.54) is 5.56 Å². The Morgan fingerprint density at radius 2 is 1.75 bits per heavy atom. The highest BCUT2D eigenvalue weighted by atomic mass is 16.7. The average molecular weight is 376 g/mol. The van der Waals surface area contributed by atoms with Crippen LogP contribution >= 0.6 is 0 Å². The topological polar surface area (TPSA) is 68.3 Å². The molecule has 6 nitrogen and oxygen atoms in total. The third kappa shape index (κ3) is 4.17. The van der Waals surface area contributed by atoms with Crippen LogP contribution in [0.4, 0.5) is 17.5 Å². The number of nitrogens with one attached hydrogen (secondary N) is 2. The van der Waals surface area contributed by atoms with E-state index in [1.54, 1.807) is 6.20 Å². The van der Waals surface area contributed by atoms with E-state index in [9.17, 15) is 0 Å². The Balaban J connectivity index is 1.40. The third-order valence-electron chi connectivity index (χ3n) is 4.57. The van der Waals surface area contributed by atoms with Crippen LogP contribution in [0.25, 0.3) is 0 Å².